The molecule has 0 bridgehead atoms. The number of carbonyl (C=O) groups is 2. The summed E-state index contributed by atoms with van der Waals surface area (Å²) < 4.78 is 11.3. The van der Waals surface area contributed by atoms with Crippen molar-refractivity contribution in [3.63, 3.8) is 0 Å². The third-order valence-electron chi connectivity index (χ3n) is 9.95. The van der Waals surface area contributed by atoms with Gasteiger partial charge in [0.25, 0.3) is 0 Å². The lowest BCUT2D eigenvalue weighted by Crippen LogP contribution is -2.65. The Balaban J connectivity index is 1.11. The Hall–Kier alpha value is -4.30. The number of rotatable bonds is 5. The zero-order valence-corrected chi connectivity index (χ0v) is 24.6. The lowest BCUT2D eigenvalue weighted by atomic mass is 9.85. The number of hydrogen-bond donors (Lipinski definition) is 1. The van der Waals surface area contributed by atoms with Crippen molar-refractivity contribution in [2.24, 2.45) is 0 Å². The number of nitrogens with zero attached hydrogens (tertiary/aromatic N) is 3. The van der Waals surface area contributed by atoms with Gasteiger partial charge in [0.05, 0.1) is 6.04 Å². The van der Waals surface area contributed by atoms with Crippen LogP contribution in [0.4, 0.5) is 0 Å². The summed E-state index contributed by atoms with van der Waals surface area (Å²) in [6.07, 6.45) is 2.30. The highest BCUT2D eigenvalue weighted by atomic mass is 16.7. The maximum Gasteiger partial charge on any atom is 0.246 e. The molecule has 1 N–H and O–H groups in total. The molecule has 43 heavy (non-hydrogen) atoms. The van der Waals surface area contributed by atoms with E-state index in [-0.39, 0.29) is 36.7 Å². The number of ether oxygens (including phenoxy) is 2. The topological polar surface area (TPSA) is 78.1 Å². The number of H-pyrrole nitrogens is 1. The minimum atomic E-state index is -0.560. The number of hydrogen-bond acceptors (Lipinski definition) is 5. The van der Waals surface area contributed by atoms with E-state index in [0.29, 0.717) is 17.9 Å². The summed E-state index contributed by atoms with van der Waals surface area (Å²) in [5, 5.41) is 1.11. The summed E-state index contributed by atoms with van der Waals surface area (Å²) in [6.45, 7) is 6.52. The molecule has 8 rings (SSSR count). The molecule has 4 aliphatic heterocycles. The molecular formula is C35H36N4O4. The summed E-state index contributed by atoms with van der Waals surface area (Å²) >= 11 is 0. The van der Waals surface area contributed by atoms with Gasteiger partial charge in [-0.05, 0) is 61.6 Å². The van der Waals surface area contributed by atoms with E-state index in [0.717, 1.165) is 53.7 Å². The predicted molar refractivity (Wildman–Crippen MR) is 163 cm³/mol. The van der Waals surface area contributed by atoms with Gasteiger partial charge in [-0.1, -0.05) is 54.6 Å². The molecule has 3 atom stereocenters. The van der Waals surface area contributed by atoms with Crippen LogP contribution in [0.25, 0.3) is 10.9 Å². The molecule has 2 amide bonds. The van der Waals surface area contributed by atoms with E-state index in [9.17, 15) is 9.59 Å². The van der Waals surface area contributed by atoms with E-state index >= 15 is 0 Å². The van der Waals surface area contributed by atoms with E-state index in [1.54, 1.807) is 0 Å². The van der Waals surface area contributed by atoms with Gasteiger partial charge in [0.2, 0.25) is 18.6 Å². The van der Waals surface area contributed by atoms with E-state index in [1.165, 1.54) is 5.56 Å². The van der Waals surface area contributed by atoms with Gasteiger partial charge in [0.15, 0.2) is 11.5 Å². The van der Waals surface area contributed by atoms with Crippen LogP contribution in [0.5, 0.6) is 11.5 Å². The van der Waals surface area contributed by atoms with Gasteiger partial charge in [0.1, 0.15) is 12.6 Å². The van der Waals surface area contributed by atoms with Crippen molar-refractivity contribution in [3.05, 3.63) is 95.2 Å². The van der Waals surface area contributed by atoms with Gasteiger partial charge in [-0.15, -0.1) is 0 Å². The van der Waals surface area contributed by atoms with Crippen LogP contribution in [0, 0.1) is 0 Å². The number of benzene rings is 3. The van der Waals surface area contributed by atoms with Gasteiger partial charge >= 0.3 is 0 Å². The quantitative estimate of drug-likeness (QED) is 0.374. The Morgan fingerprint density at radius 1 is 0.953 bits per heavy atom. The summed E-state index contributed by atoms with van der Waals surface area (Å²) in [5.41, 5.74) is 5.26. The lowest BCUT2D eigenvalue weighted by molar-refractivity contribution is -0.160. The minimum Gasteiger partial charge on any atom is -0.454 e. The third kappa shape index (κ3) is 4.30. The second kappa shape index (κ2) is 9.88. The SMILES string of the molecule is CC(C)(Cc1ccccc1)N1CC[C@H](N2CC(=O)N3[C@H](c4ccc5c(c4)OCO5)c4[nH]c5ccccc5c4C[C@@H]3C2=O)C1. The molecule has 4 aromatic rings. The van der Waals surface area contributed by atoms with Crippen molar-refractivity contribution in [2.75, 3.05) is 26.4 Å². The molecule has 0 unspecified atom stereocenters. The first-order valence-electron chi connectivity index (χ1n) is 15.3. The van der Waals surface area contributed by atoms with E-state index in [1.807, 2.05) is 46.2 Å². The molecule has 2 saturated heterocycles. The Morgan fingerprint density at radius 2 is 1.74 bits per heavy atom. The number of aromatic nitrogens is 1. The molecule has 1 aromatic heterocycles. The standard InChI is InChI=1S/C35H36N4O4/c1-35(2,18-22-8-4-3-5-9-22)37-15-14-24(19-37)38-20-31(40)39-28(34(38)41)17-26-25-10-6-7-11-27(25)36-32(26)33(39)23-12-13-29-30(16-23)43-21-42-29/h3-13,16,24,28,33,36H,14-15,17-21H2,1-2H3/t24-,28+,33+/m0/s1. The van der Waals surface area contributed by atoms with Gasteiger partial charge in [0, 0.05) is 47.7 Å². The minimum absolute atomic E-state index is 0.0152. The first-order valence-corrected chi connectivity index (χ1v) is 15.3. The van der Waals surface area contributed by atoms with Crippen molar-refractivity contribution in [2.45, 2.75) is 56.8 Å². The molecule has 4 aliphatic rings. The van der Waals surface area contributed by atoms with Crippen LogP contribution in [0.3, 0.4) is 0 Å². The Morgan fingerprint density at radius 3 is 2.60 bits per heavy atom. The van der Waals surface area contributed by atoms with Gasteiger partial charge in [-0.25, -0.2) is 0 Å². The summed E-state index contributed by atoms with van der Waals surface area (Å²) in [6, 6.07) is 23.7. The van der Waals surface area contributed by atoms with E-state index in [4.69, 9.17) is 9.47 Å². The van der Waals surface area contributed by atoms with Crippen molar-refractivity contribution in [1.82, 2.24) is 19.7 Å². The zero-order valence-electron chi connectivity index (χ0n) is 24.6. The average molecular weight is 577 g/mol. The highest BCUT2D eigenvalue weighted by molar-refractivity contribution is 5.98. The van der Waals surface area contributed by atoms with Crippen molar-refractivity contribution in [1.29, 1.82) is 0 Å². The van der Waals surface area contributed by atoms with Crippen molar-refractivity contribution in [3.8, 4) is 11.5 Å². The third-order valence-corrected chi connectivity index (χ3v) is 9.95. The second-order valence-electron chi connectivity index (χ2n) is 12.9. The first-order chi connectivity index (χ1) is 20.9. The monoisotopic (exact) mass is 576 g/mol. The molecule has 0 spiro atoms. The number of nitrogens with one attached hydrogen (secondary N) is 1. The summed E-state index contributed by atoms with van der Waals surface area (Å²) in [7, 11) is 0. The van der Waals surface area contributed by atoms with Crippen LogP contribution >= 0.6 is 0 Å². The number of piperazine rings is 1. The maximum absolute atomic E-state index is 14.4. The fraction of sp³-hybridized carbons (Fsp3) is 0.371. The largest absolute Gasteiger partial charge is 0.454 e. The Bertz CT molecular complexity index is 1730. The summed E-state index contributed by atoms with van der Waals surface area (Å²) in [4.78, 5) is 38.4. The molecule has 220 valence electrons. The van der Waals surface area contributed by atoms with Crippen molar-refractivity contribution < 1.29 is 19.1 Å². The highest BCUT2D eigenvalue weighted by Gasteiger charge is 2.50. The second-order valence-corrected chi connectivity index (χ2v) is 12.9. The lowest BCUT2D eigenvalue weighted by Gasteiger charge is -2.48. The number of para-hydroxylation sites is 1. The van der Waals surface area contributed by atoms with Gasteiger partial charge in [-0.3, -0.25) is 14.5 Å². The molecule has 5 heterocycles. The van der Waals surface area contributed by atoms with Crippen LogP contribution in [0.1, 0.15) is 48.7 Å². The fourth-order valence-electron chi connectivity index (χ4n) is 7.78. The fourth-order valence-corrected chi connectivity index (χ4v) is 7.78. The number of fused-ring (bicyclic) bond motifs is 5. The van der Waals surface area contributed by atoms with Crippen LogP contribution in [-0.2, 0) is 22.4 Å². The van der Waals surface area contributed by atoms with E-state index in [2.05, 4.69) is 60.1 Å². The molecule has 8 heteroatoms. The molecule has 2 fully saturated rings. The maximum atomic E-state index is 14.4. The number of aromatic amines is 1. The van der Waals surface area contributed by atoms with Gasteiger partial charge in [-0.2, -0.15) is 0 Å². The highest BCUT2D eigenvalue weighted by Crippen LogP contribution is 2.45. The van der Waals surface area contributed by atoms with Crippen molar-refractivity contribution >= 4 is 22.7 Å². The Labute approximate surface area is 251 Å². The molecule has 0 saturated carbocycles. The normalized spacial score (nSPS) is 23.6. The number of carbonyl (C=O) groups excluding carboxylic acids is 2. The summed E-state index contributed by atoms with van der Waals surface area (Å²) in [5.74, 6) is 1.40. The van der Waals surface area contributed by atoms with Gasteiger partial charge < -0.3 is 24.3 Å². The van der Waals surface area contributed by atoms with E-state index < -0.39 is 12.1 Å². The van der Waals surface area contributed by atoms with Crippen LogP contribution in [0.15, 0.2) is 72.8 Å². The molecule has 8 nitrogen and oxygen atoms in total. The number of amides is 2. The van der Waals surface area contributed by atoms with Crippen LogP contribution in [0.2, 0.25) is 0 Å². The zero-order chi connectivity index (χ0) is 29.3. The number of likely N-dealkylation sites (tertiary alicyclic amines) is 1. The average Bonchev–Trinajstić information content (AvgIpc) is 3.77. The van der Waals surface area contributed by atoms with Crippen LogP contribution in [-0.4, -0.2) is 75.5 Å². The Kier molecular flexibility index (Phi) is 6.05. The first kappa shape index (κ1) is 26.3. The molecule has 0 radical (unpaired) electrons. The smallest absolute Gasteiger partial charge is 0.246 e. The van der Waals surface area contributed by atoms with Crippen LogP contribution < -0.4 is 9.47 Å². The molecule has 0 aliphatic carbocycles. The molecular weight excluding hydrogens is 540 g/mol. The molecule has 3 aromatic carbocycles. The predicted octanol–water partition coefficient (Wildman–Crippen LogP) is 4.68.